The van der Waals surface area contributed by atoms with Crippen molar-refractivity contribution in [2.24, 2.45) is 0 Å². The molecule has 0 heterocycles. The Morgan fingerprint density at radius 3 is 2.22 bits per heavy atom. The van der Waals surface area contributed by atoms with Crippen LogP contribution in [-0.4, -0.2) is 51.4 Å². The van der Waals surface area contributed by atoms with Gasteiger partial charge < -0.3 is 15.0 Å². The molecule has 0 unspecified atom stereocenters. The fraction of sp³-hybridized carbons (Fsp3) is 0.278. The van der Waals surface area contributed by atoms with E-state index in [9.17, 15) is 18.0 Å². The highest BCUT2D eigenvalue weighted by molar-refractivity contribution is 7.92. The third-order valence-electron chi connectivity index (χ3n) is 7.72. The van der Waals surface area contributed by atoms with E-state index in [1.54, 1.807) is 30.3 Å². The van der Waals surface area contributed by atoms with Crippen molar-refractivity contribution in [3.05, 3.63) is 125 Å². The topological polar surface area (TPSA) is 96.0 Å². The van der Waals surface area contributed by atoms with Crippen LogP contribution in [0.1, 0.15) is 36.5 Å². The molecule has 0 bridgehead atoms. The molecule has 0 aromatic heterocycles. The lowest BCUT2D eigenvalue weighted by atomic mass is 10.0. The molecule has 10 heteroatoms. The lowest BCUT2D eigenvalue weighted by molar-refractivity contribution is -0.140. The first-order valence-corrected chi connectivity index (χ1v) is 17.0. The molecule has 4 aromatic carbocycles. The molecule has 1 N–H and O–H groups in total. The minimum Gasteiger partial charge on any atom is -0.495 e. The number of aryl methyl sites for hydroxylation is 1. The van der Waals surface area contributed by atoms with E-state index in [2.05, 4.69) is 5.32 Å². The summed E-state index contributed by atoms with van der Waals surface area (Å²) in [7, 11) is -2.87. The number of benzene rings is 4. The zero-order chi connectivity index (χ0) is 33.1. The second-order valence-corrected chi connectivity index (χ2v) is 13.2. The summed E-state index contributed by atoms with van der Waals surface area (Å²) in [5.74, 6) is -0.645. The van der Waals surface area contributed by atoms with Crippen molar-refractivity contribution in [2.75, 3.05) is 24.5 Å². The number of carbonyl (C=O) groups is 2. The van der Waals surface area contributed by atoms with E-state index in [4.69, 9.17) is 16.3 Å². The fourth-order valence-corrected chi connectivity index (χ4v) is 6.73. The highest BCUT2D eigenvalue weighted by atomic mass is 35.5. The number of nitrogens with one attached hydrogen (secondary N) is 1. The van der Waals surface area contributed by atoms with Crippen LogP contribution in [0.5, 0.6) is 5.75 Å². The maximum Gasteiger partial charge on any atom is 0.264 e. The summed E-state index contributed by atoms with van der Waals surface area (Å²) in [5, 5.41) is 3.27. The zero-order valence-electron chi connectivity index (χ0n) is 26.4. The van der Waals surface area contributed by atoms with Gasteiger partial charge in [0, 0.05) is 24.5 Å². The Hall–Kier alpha value is -4.34. The van der Waals surface area contributed by atoms with E-state index in [0.717, 1.165) is 33.8 Å². The molecule has 4 rings (SSSR count). The number of unbranched alkanes of at least 4 members (excludes halogenated alkanes) is 1. The van der Waals surface area contributed by atoms with Gasteiger partial charge in [0.05, 0.1) is 17.7 Å². The molecule has 0 aliphatic heterocycles. The molecule has 0 aliphatic rings. The highest BCUT2D eigenvalue weighted by Crippen LogP contribution is 2.35. The Kier molecular flexibility index (Phi) is 12.2. The van der Waals surface area contributed by atoms with E-state index in [0.29, 0.717) is 6.54 Å². The van der Waals surface area contributed by atoms with E-state index in [-0.39, 0.29) is 40.2 Å². The van der Waals surface area contributed by atoms with Crippen LogP contribution in [0.4, 0.5) is 5.69 Å². The average Bonchev–Trinajstić information content (AvgIpc) is 3.06. The SMILES string of the molecule is CCCCNC(=O)[C@@H](Cc1ccccc1)N(Cc1ccccc1C)C(=O)CN(c1cc(Cl)ccc1OC)S(=O)(=O)c1ccccc1. The summed E-state index contributed by atoms with van der Waals surface area (Å²) in [6.45, 7) is 3.92. The third kappa shape index (κ3) is 8.68. The molecular formula is C36H40ClN3O5S. The molecule has 46 heavy (non-hydrogen) atoms. The number of amides is 2. The molecular weight excluding hydrogens is 622 g/mol. The predicted octanol–water partition coefficient (Wildman–Crippen LogP) is 6.41. The lowest BCUT2D eigenvalue weighted by Gasteiger charge is -2.34. The van der Waals surface area contributed by atoms with Crippen molar-refractivity contribution in [1.29, 1.82) is 0 Å². The predicted molar refractivity (Wildman–Crippen MR) is 183 cm³/mol. The van der Waals surface area contributed by atoms with Gasteiger partial charge in [-0.15, -0.1) is 0 Å². The van der Waals surface area contributed by atoms with Crippen LogP contribution in [0, 0.1) is 6.92 Å². The van der Waals surface area contributed by atoms with Gasteiger partial charge in [0.2, 0.25) is 11.8 Å². The van der Waals surface area contributed by atoms with Gasteiger partial charge in [0.25, 0.3) is 10.0 Å². The summed E-state index contributed by atoms with van der Waals surface area (Å²) in [4.78, 5) is 30.0. The molecule has 0 spiro atoms. The van der Waals surface area contributed by atoms with E-state index in [1.807, 2.05) is 68.4 Å². The van der Waals surface area contributed by atoms with Gasteiger partial charge in [0.1, 0.15) is 18.3 Å². The van der Waals surface area contributed by atoms with Gasteiger partial charge in [-0.05, 0) is 60.4 Å². The number of anilines is 1. The first-order chi connectivity index (χ1) is 22.1. The number of carbonyl (C=O) groups excluding carboxylic acids is 2. The van der Waals surface area contributed by atoms with Gasteiger partial charge in [-0.2, -0.15) is 0 Å². The van der Waals surface area contributed by atoms with Crippen molar-refractivity contribution in [1.82, 2.24) is 10.2 Å². The van der Waals surface area contributed by atoms with E-state index < -0.39 is 28.5 Å². The first-order valence-electron chi connectivity index (χ1n) is 15.2. The van der Waals surface area contributed by atoms with Crippen LogP contribution in [0.25, 0.3) is 0 Å². The zero-order valence-corrected chi connectivity index (χ0v) is 27.9. The minimum atomic E-state index is -4.29. The summed E-state index contributed by atoms with van der Waals surface area (Å²) in [6, 6.07) is 28.6. The van der Waals surface area contributed by atoms with Crippen molar-refractivity contribution in [3.8, 4) is 5.75 Å². The molecule has 1 atom stereocenters. The Labute approximate surface area is 277 Å². The largest absolute Gasteiger partial charge is 0.495 e. The molecule has 0 radical (unpaired) electrons. The number of sulfonamides is 1. The van der Waals surface area contributed by atoms with Crippen LogP contribution in [-0.2, 0) is 32.6 Å². The molecule has 0 saturated heterocycles. The number of nitrogens with zero attached hydrogens (tertiary/aromatic N) is 2. The monoisotopic (exact) mass is 661 g/mol. The third-order valence-corrected chi connectivity index (χ3v) is 9.73. The summed E-state index contributed by atoms with van der Waals surface area (Å²) >= 11 is 6.36. The normalized spacial score (nSPS) is 11.8. The molecule has 8 nitrogen and oxygen atoms in total. The van der Waals surface area contributed by atoms with Crippen LogP contribution >= 0.6 is 11.6 Å². The maximum absolute atomic E-state index is 14.6. The van der Waals surface area contributed by atoms with Gasteiger partial charge in [-0.25, -0.2) is 8.42 Å². The van der Waals surface area contributed by atoms with Gasteiger partial charge in [-0.3, -0.25) is 13.9 Å². The molecule has 242 valence electrons. The number of hydrogen-bond donors (Lipinski definition) is 1. The summed E-state index contributed by atoms with van der Waals surface area (Å²) in [5.41, 5.74) is 2.75. The van der Waals surface area contributed by atoms with Crippen molar-refractivity contribution < 1.29 is 22.7 Å². The lowest BCUT2D eigenvalue weighted by Crippen LogP contribution is -2.53. The van der Waals surface area contributed by atoms with Gasteiger partial charge in [0.15, 0.2) is 0 Å². The van der Waals surface area contributed by atoms with E-state index in [1.165, 1.54) is 30.2 Å². The number of hydrogen-bond acceptors (Lipinski definition) is 5. The molecule has 0 saturated carbocycles. The van der Waals surface area contributed by atoms with Gasteiger partial charge in [-0.1, -0.05) is 97.7 Å². The average molecular weight is 662 g/mol. The van der Waals surface area contributed by atoms with Crippen molar-refractivity contribution in [3.63, 3.8) is 0 Å². The number of methoxy groups -OCH3 is 1. The molecule has 0 fully saturated rings. The Morgan fingerprint density at radius 2 is 1.57 bits per heavy atom. The summed E-state index contributed by atoms with van der Waals surface area (Å²) < 4.78 is 35.0. The highest BCUT2D eigenvalue weighted by Gasteiger charge is 2.35. The molecule has 4 aromatic rings. The quantitative estimate of drug-likeness (QED) is 0.149. The fourth-order valence-electron chi connectivity index (χ4n) is 5.12. The van der Waals surface area contributed by atoms with Crippen LogP contribution in [0.3, 0.4) is 0 Å². The maximum atomic E-state index is 14.6. The van der Waals surface area contributed by atoms with Crippen molar-refractivity contribution in [2.45, 2.75) is 50.6 Å². The van der Waals surface area contributed by atoms with Crippen LogP contribution in [0.15, 0.2) is 108 Å². The minimum absolute atomic E-state index is 0.00609. The Balaban J connectivity index is 1.84. The second-order valence-electron chi connectivity index (χ2n) is 10.9. The Bertz CT molecular complexity index is 1720. The second kappa shape index (κ2) is 16.3. The van der Waals surface area contributed by atoms with Crippen LogP contribution < -0.4 is 14.4 Å². The van der Waals surface area contributed by atoms with Crippen LogP contribution in [0.2, 0.25) is 5.02 Å². The van der Waals surface area contributed by atoms with Crippen molar-refractivity contribution >= 4 is 39.1 Å². The van der Waals surface area contributed by atoms with E-state index >= 15 is 0 Å². The molecule has 2 amide bonds. The number of ether oxygens (including phenoxy) is 1. The number of rotatable bonds is 15. The number of halogens is 1. The summed E-state index contributed by atoms with van der Waals surface area (Å²) in [6.07, 6.45) is 1.92. The van der Waals surface area contributed by atoms with Gasteiger partial charge >= 0.3 is 0 Å². The standard InChI is InChI=1S/C36H40ClN3O5S/c1-4-5-22-38-36(42)33(23-28-15-8-6-9-16-28)39(25-29-17-13-12-14-27(29)2)35(41)26-40(32-24-30(37)20-21-34(32)45-3)46(43,44)31-18-10-7-11-19-31/h6-21,24,33H,4-5,22-23,25-26H2,1-3H3,(H,38,42)/t33-/m1/s1. The first kappa shape index (κ1) is 34.5. The molecule has 0 aliphatic carbocycles. The smallest absolute Gasteiger partial charge is 0.264 e. The Morgan fingerprint density at radius 1 is 0.913 bits per heavy atom.